The second kappa shape index (κ2) is 8.96. The summed E-state index contributed by atoms with van der Waals surface area (Å²) in [7, 11) is 0. The highest BCUT2D eigenvalue weighted by Crippen LogP contribution is 2.40. The molecule has 4 aromatic heterocycles. The van der Waals surface area contributed by atoms with Gasteiger partial charge in [0.1, 0.15) is 5.82 Å². The summed E-state index contributed by atoms with van der Waals surface area (Å²) in [6.45, 7) is 3.41. The van der Waals surface area contributed by atoms with Crippen molar-refractivity contribution < 1.29 is 4.79 Å². The SMILES string of the molecule is O=C(c1cc(C2CC2)nc2c1cnn2Cc1ccncc1)N1CCN(c2ccc3ccccc3n2)CC1. The van der Waals surface area contributed by atoms with Crippen molar-refractivity contribution >= 4 is 33.7 Å². The van der Waals surface area contributed by atoms with Crippen LogP contribution in [0.2, 0.25) is 0 Å². The molecule has 1 amide bonds. The number of nitrogens with zero attached hydrogens (tertiary/aromatic N) is 7. The molecule has 8 nitrogen and oxygen atoms in total. The third-order valence-corrected chi connectivity index (χ3v) is 7.41. The number of para-hydroxylation sites is 1. The van der Waals surface area contributed by atoms with Gasteiger partial charge in [-0.15, -0.1) is 0 Å². The van der Waals surface area contributed by atoms with Gasteiger partial charge >= 0.3 is 0 Å². The molecule has 1 aliphatic carbocycles. The van der Waals surface area contributed by atoms with Crippen LogP contribution in [0, 0.1) is 0 Å². The number of pyridine rings is 3. The lowest BCUT2D eigenvalue weighted by molar-refractivity contribution is 0.0748. The van der Waals surface area contributed by atoms with Gasteiger partial charge in [-0.3, -0.25) is 9.78 Å². The fraction of sp³-hybridized carbons (Fsp3) is 0.276. The highest BCUT2D eigenvalue weighted by atomic mass is 16.2. The minimum absolute atomic E-state index is 0.0591. The van der Waals surface area contributed by atoms with Crippen molar-refractivity contribution in [1.82, 2.24) is 29.6 Å². The van der Waals surface area contributed by atoms with Crippen molar-refractivity contribution in [2.75, 3.05) is 31.1 Å². The van der Waals surface area contributed by atoms with Gasteiger partial charge in [0.25, 0.3) is 5.91 Å². The number of hydrogen-bond acceptors (Lipinski definition) is 6. The van der Waals surface area contributed by atoms with E-state index in [-0.39, 0.29) is 5.91 Å². The van der Waals surface area contributed by atoms with Gasteiger partial charge in [0.15, 0.2) is 5.65 Å². The first-order chi connectivity index (χ1) is 18.2. The predicted molar refractivity (Wildman–Crippen MR) is 143 cm³/mol. The van der Waals surface area contributed by atoms with E-state index in [1.165, 1.54) is 0 Å². The number of fused-ring (bicyclic) bond motifs is 2. The summed E-state index contributed by atoms with van der Waals surface area (Å²) >= 11 is 0. The molecule has 2 aliphatic rings. The van der Waals surface area contributed by atoms with Gasteiger partial charge in [0.05, 0.1) is 29.2 Å². The van der Waals surface area contributed by atoms with Crippen LogP contribution in [0.3, 0.4) is 0 Å². The lowest BCUT2D eigenvalue weighted by atomic mass is 10.1. The van der Waals surface area contributed by atoms with Crippen LogP contribution in [-0.2, 0) is 6.54 Å². The first-order valence-corrected chi connectivity index (χ1v) is 12.9. The molecule has 0 bridgehead atoms. The maximum absolute atomic E-state index is 13.8. The molecule has 0 spiro atoms. The predicted octanol–water partition coefficient (Wildman–Crippen LogP) is 4.26. The van der Waals surface area contributed by atoms with Crippen molar-refractivity contribution in [3.63, 3.8) is 0 Å². The summed E-state index contributed by atoms with van der Waals surface area (Å²) in [6.07, 6.45) is 7.62. The van der Waals surface area contributed by atoms with Crippen LogP contribution in [-0.4, -0.2) is 61.7 Å². The van der Waals surface area contributed by atoms with Crippen molar-refractivity contribution in [3.05, 3.63) is 90.0 Å². The smallest absolute Gasteiger partial charge is 0.254 e. The summed E-state index contributed by atoms with van der Waals surface area (Å²) in [5.41, 5.74) is 4.60. The fourth-order valence-electron chi connectivity index (χ4n) is 5.15. The highest BCUT2D eigenvalue weighted by Gasteiger charge is 2.30. The molecule has 0 unspecified atom stereocenters. The number of amides is 1. The Morgan fingerprint density at radius 1 is 0.919 bits per heavy atom. The van der Waals surface area contributed by atoms with E-state index in [2.05, 4.69) is 33.2 Å². The highest BCUT2D eigenvalue weighted by molar-refractivity contribution is 6.05. The van der Waals surface area contributed by atoms with Gasteiger partial charge in [-0.1, -0.05) is 18.2 Å². The molecular weight excluding hydrogens is 462 g/mol. The Morgan fingerprint density at radius 3 is 2.54 bits per heavy atom. The molecule has 0 atom stereocenters. The Balaban J connectivity index is 1.14. The lowest BCUT2D eigenvalue weighted by Gasteiger charge is -2.35. The first kappa shape index (κ1) is 21.9. The Bertz CT molecular complexity index is 1600. The van der Waals surface area contributed by atoms with Gasteiger partial charge in [-0.2, -0.15) is 5.10 Å². The largest absolute Gasteiger partial charge is 0.353 e. The van der Waals surface area contributed by atoms with E-state index in [1.54, 1.807) is 18.6 Å². The van der Waals surface area contributed by atoms with E-state index in [0.717, 1.165) is 64.9 Å². The summed E-state index contributed by atoms with van der Waals surface area (Å²) in [5, 5.41) is 6.58. The average molecular weight is 490 g/mol. The second-order valence-corrected chi connectivity index (χ2v) is 9.91. The molecular formula is C29H27N7O. The molecule has 184 valence electrons. The van der Waals surface area contributed by atoms with Crippen LogP contribution in [0.5, 0.6) is 0 Å². The quantitative estimate of drug-likeness (QED) is 0.367. The monoisotopic (exact) mass is 489 g/mol. The molecule has 8 heteroatoms. The summed E-state index contributed by atoms with van der Waals surface area (Å²) in [6, 6.07) is 18.3. The Hall–Kier alpha value is -4.33. The standard InChI is InChI=1S/C29H27N7O/c37-29(35-15-13-34(14-16-35)27-8-7-21-3-1-2-4-25(21)32-27)23-17-26(22-5-6-22)33-28-24(23)18-31-36(28)19-20-9-11-30-12-10-20/h1-4,7-12,17-18,22H,5-6,13-16,19H2. The molecule has 7 rings (SSSR count). The van der Waals surface area contributed by atoms with Crippen LogP contribution in [0.25, 0.3) is 21.9 Å². The number of carbonyl (C=O) groups excluding carboxylic acids is 1. The van der Waals surface area contributed by atoms with E-state index in [1.807, 2.05) is 46.0 Å². The van der Waals surface area contributed by atoms with Gasteiger partial charge in [-0.05, 0) is 54.8 Å². The fourth-order valence-corrected chi connectivity index (χ4v) is 5.15. The lowest BCUT2D eigenvalue weighted by Crippen LogP contribution is -2.49. The first-order valence-electron chi connectivity index (χ1n) is 12.9. The molecule has 2 fully saturated rings. The number of hydrogen-bond donors (Lipinski definition) is 0. The van der Waals surface area contributed by atoms with Crippen molar-refractivity contribution in [1.29, 1.82) is 0 Å². The topological polar surface area (TPSA) is 80.0 Å². The Kier molecular flexibility index (Phi) is 5.30. The number of carbonyl (C=O) groups is 1. The zero-order valence-corrected chi connectivity index (χ0v) is 20.5. The van der Waals surface area contributed by atoms with Crippen LogP contribution in [0.4, 0.5) is 5.82 Å². The van der Waals surface area contributed by atoms with E-state index in [9.17, 15) is 4.79 Å². The summed E-state index contributed by atoms with van der Waals surface area (Å²) in [4.78, 5) is 31.9. The number of anilines is 1. The average Bonchev–Trinajstić information content (AvgIpc) is 3.74. The van der Waals surface area contributed by atoms with Gasteiger partial charge < -0.3 is 9.80 Å². The number of piperazine rings is 1. The number of benzene rings is 1. The normalized spacial score (nSPS) is 16.0. The van der Waals surface area contributed by atoms with Crippen LogP contribution in [0.15, 0.2) is 73.2 Å². The summed E-state index contributed by atoms with van der Waals surface area (Å²) in [5.74, 6) is 1.46. The number of rotatable bonds is 5. The molecule has 1 aromatic carbocycles. The summed E-state index contributed by atoms with van der Waals surface area (Å²) < 4.78 is 1.90. The maximum atomic E-state index is 13.8. The molecule has 1 saturated carbocycles. The van der Waals surface area contributed by atoms with E-state index in [0.29, 0.717) is 31.1 Å². The third-order valence-electron chi connectivity index (χ3n) is 7.41. The Morgan fingerprint density at radius 2 is 1.73 bits per heavy atom. The van der Waals surface area contributed by atoms with Crippen LogP contribution < -0.4 is 4.90 Å². The molecule has 0 radical (unpaired) electrons. The van der Waals surface area contributed by atoms with E-state index >= 15 is 0 Å². The van der Waals surface area contributed by atoms with E-state index in [4.69, 9.17) is 9.97 Å². The zero-order valence-electron chi connectivity index (χ0n) is 20.5. The minimum atomic E-state index is 0.0591. The van der Waals surface area contributed by atoms with Crippen molar-refractivity contribution in [2.24, 2.45) is 0 Å². The number of aromatic nitrogens is 5. The molecule has 5 aromatic rings. The molecule has 1 saturated heterocycles. The molecule has 1 aliphatic heterocycles. The third kappa shape index (κ3) is 4.18. The van der Waals surface area contributed by atoms with E-state index < -0.39 is 0 Å². The van der Waals surface area contributed by atoms with Crippen LogP contribution in [0.1, 0.15) is 40.4 Å². The maximum Gasteiger partial charge on any atom is 0.254 e. The van der Waals surface area contributed by atoms with Crippen molar-refractivity contribution in [2.45, 2.75) is 25.3 Å². The van der Waals surface area contributed by atoms with Crippen molar-refractivity contribution in [3.8, 4) is 0 Å². The molecule has 5 heterocycles. The minimum Gasteiger partial charge on any atom is -0.353 e. The van der Waals surface area contributed by atoms with Crippen LogP contribution >= 0.6 is 0 Å². The second-order valence-electron chi connectivity index (χ2n) is 9.91. The molecule has 37 heavy (non-hydrogen) atoms. The zero-order chi connectivity index (χ0) is 24.8. The molecule has 0 N–H and O–H groups in total. The van der Waals surface area contributed by atoms with Gasteiger partial charge in [-0.25, -0.2) is 14.6 Å². The van der Waals surface area contributed by atoms with Gasteiger partial charge in [0, 0.05) is 55.6 Å². The Labute approximate surface area is 214 Å². The van der Waals surface area contributed by atoms with Gasteiger partial charge in [0.2, 0.25) is 0 Å².